The van der Waals surface area contributed by atoms with Gasteiger partial charge in [0, 0.05) is 19.6 Å². The van der Waals surface area contributed by atoms with Gasteiger partial charge in [0.05, 0.1) is 10.2 Å². The molecule has 0 saturated carbocycles. The monoisotopic (exact) mass is 409 g/mol. The lowest BCUT2D eigenvalue weighted by molar-refractivity contribution is 0.0801. The van der Waals surface area contributed by atoms with Crippen LogP contribution < -0.4 is 5.32 Å². The summed E-state index contributed by atoms with van der Waals surface area (Å²) in [6, 6.07) is 17.4. The van der Waals surface area contributed by atoms with Gasteiger partial charge in [0.25, 0.3) is 5.91 Å². The van der Waals surface area contributed by atoms with Crippen LogP contribution >= 0.6 is 11.3 Å². The zero-order valence-corrected chi connectivity index (χ0v) is 16.9. The van der Waals surface area contributed by atoms with Gasteiger partial charge in [-0.1, -0.05) is 42.5 Å². The van der Waals surface area contributed by atoms with Crippen LogP contribution in [0.4, 0.5) is 4.79 Å². The molecule has 0 aliphatic carbocycles. The Hall–Kier alpha value is -2.93. The molecule has 0 radical (unpaired) electrons. The number of aromatic nitrogens is 1. The van der Waals surface area contributed by atoms with E-state index < -0.39 is 0 Å². The van der Waals surface area contributed by atoms with E-state index in [0.29, 0.717) is 30.6 Å². The zero-order chi connectivity index (χ0) is 20.1. The van der Waals surface area contributed by atoms with Crippen molar-refractivity contribution < 1.29 is 14.3 Å². The number of benzene rings is 2. The van der Waals surface area contributed by atoms with Crippen molar-refractivity contribution in [2.75, 3.05) is 19.6 Å². The molecule has 2 heterocycles. The highest BCUT2D eigenvalue weighted by molar-refractivity contribution is 7.20. The molecule has 1 aliphatic rings. The van der Waals surface area contributed by atoms with Gasteiger partial charge in [0.1, 0.15) is 6.61 Å². The summed E-state index contributed by atoms with van der Waals surface area (Å²) in [5.41, 5.74) is 1.83. The molecular weight excluding hydrogens is 386 g/mol. The molecule has 0 unspecified atom stereocenters. The van der Waals surface area contributed by atoms with Crippen LogP contribution in [0.2, 0.25) is 0 Å². The van der Waals surface area contributed by atoms with Crippen molar-refractivity contribution in [2.24, 2.45) is 5.92 Å². The lowest BCUT2D eigenvalue weighted by Crippen LogP contribution is -2.41. The first-order valence-electron chi connectivity index (χ1n) is 9.78. The van der Waals surface area contributed by atoms with Gasteiger partial charge in [-0.05, 0) is 36.5 Å². The molecule has 29 heavy (non-hydrogen) atoms. The molecule has 2 amide bonds. The maximum atomic E-state index is 12.4. The van der Waals surface area contributed by atoms with Crippen molar-refractivity contribution in [2.45, 2.75) is 19.4 Å². The minimum absolute atomic E-state index is 0.129. The van der Waals surface area contributed by atoms with Gasteiger partial charge in [-0.2, -0.15) is 0 Å². The average Bonchev–Trinajstić information content (AvgIpc) is 3.21. The Balaban J connectivity index is 1.20. The molecule has 6 nitrogen and oxygen atoms in total. The van der Waals surface area contributed by atoms with Gasteiger partial charge < -0.3 is 15.0 Å². The van der Waals surface area contributed by atoms with Crippen molar-refractivity contribution in [3.63, 3.8) is 0 Å². The van der Waals surface area contributed by atoms with Crippen LogP contribution in [0.1, 0.15) is 28.2 Å². The van der Waals surface area contributed by atoms with Crippen molar-refractivity contribution >= 4 is 33.6 Å². The van der Waals surface area contributed by atoms with Crippen LogP contribution in [-0.4, -0.2) is 41.5 Å². The van der Waals surface area contributed by atoms with E-state index in [1.54, 1.807) is 4.90 Å². The van der Waals surface area contributed by atoms with E-state index in [-0.39, 0.29) is 18.6 Å². The van der Waals surface area contributed by atoms with E-state index in [9.17, 15) is 9.59 Å². The first kappa shape index (κ1) is 19.4. The fourth-order valence-corrected chi connectivity index (χ4v) is 4.29. The number of nitrogens with one attached hydrogen (secondary N) is 1. The molecule has 1 aromatic heterocycles. The lowest BCUT2D eigenvalue weighted by atomic mass is 9.97. The summed E-state index contributed by atoms with van der Waals surface area (Å²) < 4.78 is 6.41. The zero-order valence-electron chi connectivity index (χ0n) is 16.0. The summed E-state index contributed by atoms with van der Waals surface area (Å²) in [4.78, 5) is 30.8. The number of hydrogen-bond acceptors (Lipinski definition) is 5. The number of para-hydroxylation sites is 1. The van der Waals surface area contributed by atoms with Crippen molar-refractivity contribution in [1.29, 1.82) is 0 Å². The molecule has 7 heteroatoms. The number of piperidine rings is 1. The smallest absolute Gasteiger partial charge is 0.410 e. The fraction of sp³-hybridized carbons (Fsp3) is 0.318. The molecule has 0 atom stereocenters. The Kier molecular flexibility index (Phi) is 6.05. The number of carbonyl (C=O) groups excluding carboxylic acids is 2. The molecule has 1 fully saturated rings. The standard InChI is InChI=1S/C22H23N3O3S/c26-20(21-24-18-8-4-5-9-19(18)29-21)23-14-16-10-12-25(13-11-16)22(27)28-15-17-6-2-1-3-7-17/h1-9,16H,10-15H2,(H,23,26). The predicted molar refractivity (Wildman–Crippen MR) is 113 cm³/mol. The van der Waals surface area contributed by atoms with Crippen LogP contribution in [0, 0.1) is 5.92 Å². The fourth-order valence-electron chi connectivity index (χ4n) is 3.41. The quantitative estimate of drug-likeness (QED) is 0.689. The maximum absolute atomic E-state index is 12.4. The second kappa shape index (κ2) is 9.05. The van der Waals surface area contributed by atoms with Crippen molar-refractivity contribution in [3.05, 3.63) is 65.2 Å². The number of likely N-dealkylation sites (tertiary alicyclic amines) is 1. The molecule has 1 aliphatic heterocycles. The van der Waals surface area contributed by atoms with Crippen LogP contribution in [-0.2, 0) is 11.3 Å². The second-order valence-electron chi connectivity index (χ2n) is 7.17. The molecule has 0 spiro atoms. The third-order valence-electron chi connectivity index (χ3n) is 5.12. The lowest BCUT2D eigenvalue weighted by Gasteiger charge is -2.31. The number of fused-ring (bicyclic) bond motifs is 1. The highest BCUT2D eigenvalue weighted by Gasteiger charge is 2.24. The first-order chi connectivity index (χ1) is 14.2. The number of nitrogens with zero attached hydrogens (tertiary/aromatic N) is 2. The van der Waals surface area contributed by atoms with Crippen LogP contribution in [0.3, 0.4) is 0 Å². The molecule has 3 aromatic rings. The second-order valence-corrected chi connectivity index (χ2v) is 8.20. The van der Waals surface area contributed by atoms with Gasteiger partial charge in [-0.15, -0.1) is 11.3 Å². The molecule has 0 bridgehead atoms. The number of thiazole rings is 1. The van der Waals surface area contributed by atoms with E-state index in [0.717, 1.165) is 28.6 Å². The highest BCUT2D eigenvalue weighted by atomic mass is 32.1. The summed E-state index contributed by atoms with van der Waals surface area (Å²) in [7, 11) is 0. The molecule has 1 saturated heterocycles. The van der Waals surface area contributed by atoms with E-state index in [2.05, 4.69) is 10.3 Å². The Labute approximate surface area is 173 Å². The molecule has 2 aromatic carbocycles. The molecule has 150 valence electrons. The normalized spacial score (nSPS) is 14.7. The summed E-state index contributed by atoms with van der Waals surface area (Å²) >= 11 is 1.41. The number of hydrogen-bond donors (Lipinski definition) is 1. The minimum Gasteiger partial charge on any atom is -0.445 e. The molecule has 4 rings (SSSR count). The molecular formula is C22H23N3O3S. The van der Waals surface area contributed by atoms with Crippen LogP contribution in [0.25, 0.3) is 10.2 Å². The number of amides is 2. The predicted octanol–water partition coefficient (Wildman–Crippen LogP) is 4.07. The Morgan fingerprint density at radius 3 is 2.55 bits per heavy atom. The van der Waals surface area contributed by atoms with E-state index in [1.165, 1.54) is 11.3 Å². The maximum Gasteiger partial charge on any atom is 0.410 e. The summed E-state index contributed by atoms with van der Waals surface area (Å²) in [5.74, 6) is 0.224. The van der Waals surface area contributed by atoms with Gasteiger partial charge in [-0.3, -0.25) is 4.79 Å². The van der Waals surface area contributed by atoms with Crippen molar-refractivity contribution in [3.8, 4) is 0 Å². The van der Waals surface area contributed by atoms with Gasteiger partial charge in [-0.25, -0.2) is 9.78 Å². The van der Waals surface area contributed by atoms with Crippen LogP contribution in [0.5, 0.6) is 0 Å². The van der Waals surface area contributed by atoms with Gasteiger partial charge in [0.15, 0.2) is 5.01 Å². The topological polar surface area (TPSA) is 71.5 Å². The summed E-state index contributed by atoms with van der Waals surface area (Å²) in [5, 5.41) is 3.49. The van der Waals surface area contributed by atoms with Gasteiger partial charge >= 0.3 is 6.09 Å². The Morgan fingerprint density at radius 2 is 1.79 bits per heavy atom. The Bertz CT molecular complexity index is 948. The third-order valence-corrected chi connectivity index (χ3v) is 6.15. The third kappa shape index (κ3) is 4.92. The minimum atomic E-state index is -0.272. The Morgan fingerprint density at radius 1 is 1.07 bits per heavy atom. The average molecular weight is 410 g/mol. The van der Waals surface area contributed by atoms with Crippen molar-refractivity contribution in [1.82, 2.24) is 15.2 Å². The van der Waals surface area contributed by atoms with E-state index in [4.69, 9.17) is 4.74 Å². The van der Waals surface area contributed by atoms with Gasteiger partial charge in [0.2, 0.25) is 0 Å². The first-order valence-corrected chi connectivity index (χ1v) is 10.6. The largest absolute Gasteiger partial charge is 0.445 e. The SMILES string of the molecule is O=C(NCC1CCN(C(=O)OCc2ccccc2)CC1)c1nc2ccccc2s1. The number of carbonyl (C=O) groups is 2. The number of ether oxygens (including phenoxy) is 1. The highest BCUT2D eigenvalue weighted by Crippen LogP contribution is 2.22. The molecule has 1 N–H and O–H groups in total. The van der Waals surface area contributed by atoms with E-state index in [1.807, 2.05) is 54.6 Å². The number of rotatable bonds is 5. The van der Waals surface area contributed by atoms with E-state index >= 15 is 0 Å². The summed E-state index contributed by atoms with van der Waals surface area (Å²) in [6.45, 7) is 2.18. The van der Waals surface area contributed by atoms with Crippen LogP contribution in [0.15, 0.2) is 54.6 Å². The summed E-state index contributed by atoms with van der Waals surface area (Å²) in [6.07, 6.45) is 1.42.